The van der Waals surface area contributed by atoms with Crippen molar-refractivity contribution in [1.29, 1.82) is 0 Å². The molecule has 1 aromatic rings. The van der Waals surface area contributed by atoms with E-state index >= 15 is 0 Å². The third-order valence-electron chi connectivity index (χ3n) is 4.29. The average molecular weight is 338 g/mol. The second-order valence-corrected chi connectivity index (χ2v) is 6.10. The number of aliphatic hydroxyl groups excluding tert-OH is 1. The quantitative estimate of drug-likeness (QED) is 0.482. The number of likely N-dealkylation sites (tertiary alicyclic amines) is 1. The maximum absolute atomic E-state index is 12.3. The molecule has 2 heterocycles. The standard InChI is InChI=1S/C15H26N6O3/c1-20-10-13(18-19-20)14(23)21-8-5-12(6-9-21)4-2-3-7-16-15(24)17-11-22/h10,12,22H,2-9,11H2,1H3,(H2,16,17,24). The fourth-order valence-electron chi connectivity index (χ4n) is 2.93. The normalized spacial score (nSPS) is 15.3. The molecule has 1 aliphatic rings. The largest absolute Gasteiger partial charge is 0.376 e. The minimum absolute atomic E-state index is 0.0411. The molecule has 0 aliphatic carbocycles. The number of hydrogen-bond donors (Lipinski definition) is 3. The third kappa shape index (κ3) is 5.48. The number of amides is 3. The van der Waals surface area contributed by atoms with Crippen LogP contribution in [-0.2, 0) is 7.05 Å². The molecule has 1 saturated heterocycles. The number of nitrogens with one attached hydrogen (secondary N) is 2. The van der Waals surface area contributed by atoms with Gasteiger partial charge in [0, 0.05) is 26.7 Å². The number of aromatic nitrogens is 3. The highest BCUT2D eigenvalue weighted by Gasteiger charge is 2.24. The fraction of sp³-hybridized carbons (Fsp3) is 0.733. The molecule has 0 atom stereocenters. The number of aliphatic hydroxyl groups is 1. The van der Waals surface area contributed by atoms with Crippen molar-refractivity contribution in [2.75, 3.05) is 26.4 Å². The Balaban J connectivity index is 1.59. The molecular weight excluding hydrogens is 312 g/mol. The zero-order chi connectivity index (χ0) is 17.4. The number of carbonyl (C=O) groups is 2. The summed E-state index contributed by atoms with van der Waals surface area (Å²) in [6.07, 6.45) is 6.72. The van der Waals surface area contributed by atoms with Crippen LogP contribution in [0.2, 0.25) is 0 Å². The van der Waals surface area contributed by atoms with Gasteiger partial charge in [-0.25, -0.2) is 4.79 Å². The molecule has 3 N–H and O–H groups in total. The molecule has 0 spiro atoms. The molecule has 3 amide bonds. The van der Waals surface area contributed by atoms with E-state index < -0.39 is 0 Å². The van der Waals surface area contributed by atoms with Crippen LogP contribution in [0.25, 0.3) is 0 Å². The lowest BCUT2D eigenvalue weighted by Crippen LogP contribution is -2.38. The van der Waals surface area contributed by atoms with Gasteiger partial charge in [-0.1, -0.05) is 18.1 Å². The number of hydrogen-bond acceptors (Lipinski definition) is 5. The molecule has 0 bridgehead atoms. The van der Waals surface area contributed by atoms with E-state index in [2.05, 4.69) is 20.9 Å². The van der Waals surface area contributed by atoms with Gasteiger partial charge in [-0.3, -0.25) is 9.48 Å². The Kier molecular flexibility index (Phi) is 6.98. The Bertz CT molecular complexity index is 539. The van der Waals surface area contributed by atoms with E-state index in [0.717, 1.165) is 45.2 Å². The van der Waals surface area contributed by atoms with Crippen molar-refractivity contribution in [2.24, 2.45) is 13.0 Å². The highest BCUT2D eigenvalue weighted by atomic mass is 16.3. The van der Waals surface area contributed by atoms with E-state index in [1.165, 1.54) is 4.68 Å². The second-order valence-electron chi connectivity index (χ2n) is 6.10. The SMILES string of the molecule is Cn1cc(C(=O)N2CCC(CCCCNC(=O)NCO)CC2)nn1. The molecule has 1 aromatic heterocycles. The second kappa shape index (κ2) is 9.21. The summed E-state index contributed by atoms with van der Waals surface area (Å²) >= 11 is 0. The first-order valence-electron chi connectivity index (χ1n) is 8.38. The minimum Gasteiger partial charge on any atom is -0.376 e. The Hall–Kier alpha value is -2.16. The zero-order valence-corrected chi connectivity index (χ0v) is 14.1. The topological polar surface area (TPSA) is 112 Å². The lowest BCUT2D eigenvalue weighted by atomic mass is 9.91. The summed E-state index contributed by atoms with van der Waals surface area (Å²) in [7, 11) is 1.75. The van der Waals surface area contributed by atoms with E-state index in [-0.39, 0.29) is 18.7 Å². The first kappa shape index (κ1) is 18.2. The van der Waals surface area contributed by atoms with Crippen LogP contribution in [0.5, 0.6) is 0 Å². The first-order chi connectivity index (χ1) is 11.6. The number of nitrogens with zero attached hydrogens (tertiary/aromatic N) is 4. The van der Waals surface area contributed by atoms with Gasteiger partial charge >= 0.3 is 6.03 Å². The summed E-state index contributed by atoms with van der Waals surface area (Å²) in [5.41, 5.74) is 0.406. The Morgan fingerprint density at radius 3 is 2.67 bits per heavy atom. The molecule has 9 heteroatoms. The predicted octanol–water partition coefficient (Wildman–Crippen LogP) is 0.0866. The summed E-state index contributed by atoms with van der Waals surface area (Å²) in [5.74, 6) is 0.586. The molecule has 134 valence electrons. The van der Waals surface area contributed by atoms with Crippen molar-refractivity contribution in [3.8, 4) is 0 Å². The van der Waals surface area contributed by atoms with Crippen molar-refractivity contribution >= 4 is 11.9 Å². The highest BCUT2D eigenvalue weighted by Crippen LogP contribution is 2.23. The van der Waals surface area contributed by atoms with Gasteiger partial charge in [-0.05, 0) is 25.2 Å². The number of aryl methyl sites for hydroxylation is 1. The van der Waals surface area contributed by atoms with Gasteiger partial charge in [0.05, 0.1) is 6.20 Å². The Labute approximate surface area is 141 Å². The summed E-state index contributed by atoms with van der Waals surface area (Å²) in [6.45, 7) is 1.78. The van der Waals surface area contributed by atoms with Crippen molar-refractivity contribution in [3.63, 3.8) is 0 Å². The Morgan fingerprint density at radius 1 is 1.29 bits per heavy atom. The maximum Gasteiger partial charge on any atom is 0.316 e. The van der Waals surface area contributed by atoms with Gasteiger partial charge in [0.25, 0.3) is 5.91 Å². The average Bonchev–Trinajstić information content (AvgIpc) is 3.01. The lowest BCUT2D eigenvalue weighted by Gasteiger charge is -2.31. The van der Waals surface area contributed by atoms with Crippen LogP contribution in [0.15, 0.2) is 6.20 Å². The van der Waals surface area contributed by atoms with Gasteiger partial charge in [0.15, 0.2) is 5.69 Å². The summed E-state index contributed by atoms with van der Waals surface area (Å²) in [4.78, 5) is 25.2. The molecule has 1 aliphatic heterocycles. The minimum atomic E-state index is -0.350. The van der Waals surface area contributed by atoms with E-state index in [1.807, 2.05) is 4.90 Å². The van der Waals surface area contributed by atoms with Crippen molar-refractivity contribution in [1.82, 2.24) is 30.5 Å². The smallest absolute Gasteiger partial charge is 0.316 e. The summed E-state index contributed by atoms with van der Waals surface area (Å²) in [6, 6.07) is -0.340. The molecule has 9 nitrogen and oxygen atoms in total. The van der Waals surface area contributed by atoms with Crippen molar-refractivity contribution in [2.45, 2.75) is 32.1 Å². The molecular formula is C15H26N6O3. The van der Waals surface area contributed by atoms with Crippen LogP contribution in [0.1, 0.15) is 42.6 Å². The monoisotopic (exact) mass is 338 g/mol. The number of piperidine rings is 1. The molecule has 2 rings (SSSR count). The maximum atomic E-state index is 12.3. The van der Waals surface area contributed by atoms with Gasteiger partial charge in [-0.2, -0.15) is 0 Å². The van der Waals surface area contributed by atoms with E-state index in [4.69, 9.17) is 5.11 Å². The lowest BCUT2D eigenvalue weighted by molar-refractivity contribution is 0.0679. The molecule has 0 radical (unpaired) electrons. The van der Waals surface area contributed by atoms with Crippen LogP contribution < -0.4 is 10.6 Å². The van der Waals surface area contributed by atoms with Gasteiger partial charge in [0.2, 0.25) is 0 Å². The highest BCUT2D eigenvalue weighted by molar-refractivity contribution is 5.91. The van der Waals surface area contributed by atoms with Crippen LogP contribution in [0.3, 0.4) is 0 Å². The van der Waals surface area contributed by atoms with Crippen molar-refractivity contribution < 1.29 is 14.7 Å². The molecule has 0 saturated carbocycles. The summed E-state index contributed by atoms with van der Waals surface area (Å²) in [5, 5.41) is 21.2. The van der Waals surface area contributed by atoms with Crippen molar-refractivity contribution in [3.05, 3.63) is 11.9 Å². The molecule has 0 aromatic carbocycles. The summed E-state index contributed by atoms with van der Waals surface area (Å²) < 4.78 is 1.54. The van der Waals surface area contributed by atoms with E-state index in [0.29, 0.717) is 18.2 Å². The Morgan fingerprint density at radius 2 is 2.04 bits per heavy atom. The van der Waals surface area contributed by atoms with Crippen LogP contribution in [0.4, 0.5) is 4.79 Å². The van der Waals surface area contributed by atoms with Crippen LogP contribution in [0, 0.1) is 5.92 Å². The molecule has 24 heavy (non-hydrogen) atoms. The van der Waals surface area contributed by atoms with Gasteiger partial charge in [0.1, 0.15) is 6.73 Å². The molecule has 1 fully saturated rings. The predicted molar refractivity (Wildman–Crippen MR) is 87.1 cm³/mol. The first-order valence-corrected chi connectivity index (χ1v) is 8.38. The van der Waals surface area contributed by atoms with E-state index in [1.54, 1.807) is 13.2 Å². The number of urea groups is 1. The third-order valence-corrected chi connectivity index (χ3v) is 4.29. The van der Waals surface area contributed by atoms with Crippen LogP contribution >= 0.6 is 0 Å². The van der Waals surface area contributed by atoms with E-state index in [9.17, 15) is 9.59 Å². The van der Waals surface area contributed by atoms with Crippen LogP contribution in [-0.4, -0.2) is 63.3 Å². The fourth-order valence-corrected chi connectivity index (χ4v) is 2.93. The van der Waals surface area contributed by atoms with Gasteiger partial charge in [-0.15, -0.1) is 5.10 Å². The zero-order valence-electron chi connectivity index (χ0n) is 14.1. The van der Waals surface area contributed by atoms with Gasteiger partial charge < -0.3 is 20.6 Å². The number of rotatable bonds is 7. The number of carbonyl (C=O) groups excluding carboxylic acids is 2. The molecule has 0 unspecified atom stereocenters. The number of unbranched alkanes of at least 4 members (excludes halogenated alkanes) is 1.